The molecule has 90 valence electrons. The summed E-state index contributed by atoms with van der Waals surface area (Å²) in [6.45, 7) is 4.84. The van der Waals surface area contributed by atoms with E-state index in [4.69, 9.17) is 0 Å². The number of fused-ring (bicyclic) bond motifs is 1. The second-order valence-corrected chi connectivity index (χ2v) is 7.04. The maximum absolute atomic E-state index is 12.0. The predicted octanol–water partition coefficient (Wildman–Crippen LogP) is 3.37. The SMILES string of the molecule is CC1(C)[C@H]2C[C@H]3C(=CC[C@H]4C=CC(=O)[C@H]43)[C@@H]1C2. The molecule has 0 aromatic rings. The maximum atomic E-state index is 12.0. The monoisotopic (exact) mass is 228 g/mol. The van der Waals surface area contributed by atoms with E-state index < -0.39 is 0 Å². The fourth-order valence-electron chi connectivity index (χ4n) is 4.98. The van der Waals surface area contributed by atoms with Gasteiger partial charge >= 0.3 is 0 Å². The van der Waals surface area contributed by atoms with Gasteiger partial charge in [-0.3, -0.25) is 4.79 Å². The average molecular weight is 228 g/mol. The van der Waals surface area contributed by atoms with E-state index in [0.717, 1.165) is 18.3 Å². The van der Waals surface area contributed by atoms with Crippen molar-refractivity contribution in [3.8, 4) is 0 Å². The van der Waals surface area contributed by atoms with Gasteiger partial charge in [-0.1, -0.05) is 31.6 Å². The normalized spacial score (nSPS) is 49.2. The Balaban J connectivity index is 1.73. The molecule has 0 aromatic heterocycles. The van der Waals surface area contributed by atoms with Crippen LogP contribution in [0.5, 0.6) is 0 Å². The zero-order valence-corrected chi connectivity index (χ0v) is 10.6. The minimum Gasteiger partial charge on any atom is -0.295 e. The lowest BCUT2D eigenvalue weighted by atomic mass is 9.42. The van der Waals surface area contributed by atoms with Crippen LogP contribution in [0.2, 0.25) is 0 Å². The van der Waals surface area contributed by atoms with Gasteiger partial charge in [0.2, 0.25) is 0 Å². The number of carbonyl (C=O) groups is 1. The largest absolute Gasteiger partial charge is 0.295 e. The molecule has 0 aliphatic heterocycles. The van der Waals surface area contributed by atoms with E-state index in [9.17, 15) is 4.79 Å². The number of rotatable bonds is 0. The van der Waals surface area contributed by atoms with E-state index in [0.29, 0.717) is 29.0 Å². The van der Waals surface area contributed by atoms with Crippen molar-refractivity contribution in [2.75, 3.05) is 0 Å². The molecule has 3 fully saturated rings. The average Bonchev–Trinajstić information content (AvgIpc) is 2.70. The van der Waals surface area contributed by atoms with Crippen molar-refractivity contribution >= 4 is 5.78 Å². The minimum absolute atomic E-state index is 0.316. The summed E-state index contributed by atoms with van der Waals surface area (Å²) in [7, 11) is 0. The Kier molecular flexibility index (Phi) is 1.74. The summed E-state index contributed by atoms with van der Waals surface area (Å²) in [4.78, 5) is 12.0. The Hall–Kier alpha value is -0.850. The molecule has 3 saturated carbocycles. The number of ketones is 1. The lowest BCUT2D eigenvalue weighted by molar-refractivity contribution is -0.124. The highest BCUT2D eigenvalue weighted by atomic mass is 16.1. The molecule has 5 rings (SSSR count). The second-order valence-electron chi connectivity index (χ2n) is 7.04. The Morgan fingerprint density at radius 3 is 2.88 bits per heavy atom. The fourth-order valence-corrected chi connectivity index (χ4v) is 4.98. The highest BCUT2D eigenvalue weighted by Crippen LogP contribution is 2.66. The van der Waals surface area contributed by atoms with E-state index in [1.807, 2.05) is 6.08 Å². The van der Waals surface area contributed by atoms with Gasteiger partial charge in [0.05, 0.1) is 0 Å². The Labute approximate surface area is 103 Å². The highest BCUT2D eigenvalue weighted by Gasteiger charge is 2.58. The molecule has 1 nitrogen and oxygen atoms in total. The predicted molar refractivity (Wildman–Crippen MR) is 67.3 cm³/mol. The number of hydrogen-bond acceptors (Lipinski definition) is 1. The molecule has 0 heterocycles. The molecule has 0 unspecified atom stereocenters. The zero-order chi connectivity index (χ0) is 11.8. The van der Waals surface area contributed by atoms with Crippen molar-refractivity contribution in [2.45, 2.75) is 33.1 Å². The number of hydrogen-bond donors (Lipinski definition) is 0. The van der Waals surface area contributed by atoms with Gasteiger partial charge in [0, 0.05) is 5.92 Å². The van der Waals surface area contributed by atoms with Gasteiger partial charge in [0.15, 0.2) is 5.78 Å². The van der Waals surface area contributed by atoms with Crippen LogP contribution in [0.4, 0.5) is 0 Å². The Bertz CT molecular complexity index is 454. The van der Waals surface area contributed by atoms with Crippen molar-refractivity contribution in [1.82, 2.24) is 0 Å². The minimum atomic E-state index is 0.316. The van der Waals surface area contributed by atoms with E-state index in [-0.39, 0.29) is 0 Å². The molecular formula is C16H20O. The van der Waals surface area contributed by atoms with Crippen LogP contribution in [-0.2, 0) is 4.79 Å². The van der Waals surface area contributed by atoms with Gasteiger partial charge < -0.3 is 0 Å². The van der Waals surface area contributed by atoms with Crippen LogP contribution < -0.4 is 0 Å². The van der Waals surface area contributed by atoms with E-state index >= 15 is 0 Å². The molecule has 5 atom stereocenters. The third kappa shape index (κ3) is 1.08. The highest BCUT2D eigenvalue weighted by molar-refractivity contribution is 5.95. The summed E-state index contributed by atoms with van der Waals surface area (Å²) in [5, 5.41) is 0. The first-order chi connectivity index (χ1) is 8.09. The lowest BCUT2D eigenvalue weighted by Gasteiger charge is -2.62. The second kappa shape index (κ2) is 2.93. The van der Waals surface area contributed by atoms with Crippen molar-refractivity contribution < 1.29 is 4.79 Å². The van der Waals surface area contributed by atoms with Gasteiger partial charge in [0.25, 0.3) is 0 Å². The third-order valence-electron chi connectivity index (χ3n) is 6.20. The van der Waals surface area contributed by atoms with Crippen molar-refractivity contribution in [3.63, 3.8) is 0 Å². The van der Waals surface area contributed by atoms with Crippen molar-refractivity contribution in [2.24, 2.45) is 35.0 Å². The fraction of sp³-hybridized carbons (Fsp3) is 0.688. The molecule has 2 bridgehead atoms. The van der Waals surface area contributed by atoms with Gasteiger partial charge in [-0.05, 0) is 54.4 Å². The van der Waals surface area contributed by atoms with Crippen LogP contribution in [0.3, 0.4) is 0 Å². The first-order valence-corrected chi connectivity index (χ1v) is 7.01. The summed E-state index contributed by atoms with van der Waals surface area (Å²) in [6, 6.07) is 0. The first kappa shape index (κ1) is 10.1. The molecule has 0 N–H and O–H groups in total. The molecular weight excluding hydrogens is 208 g/mol. The molecule has 5 aliphatic rings. The third-order valence-corrected chi connectivity index (χ3v) is 6.20. The molecule has 17 heavy (non-hydrogen) atoms. The zero-order valence-electron chi connectivity index (χ0n) is 10.6. The van der Waals surface area contributed by atoms with E-state index in [1.165, 1.54) is 12.8 Å². The van der Waals surface area contributed by atoms with Crippen molar-refractivity contribution in [3.05, 3.63) is 23.8 Å². The topological polar surface area (TPSA) is 17.1 Å². The van der Waals surface area contributed by atoms with Gasteiger partial charge in [0.1, 0.15) is 0 Å². The van der Waals surface area contributed by atoms with Crippen LogP contribution >= 0.6 is 0 Å². The summed E-state index contributed by atoms with van der Waals surface area (Å²) in [5.74, 6) is 3.48. The Morgan fingerprint density at radius 1 is 1.29 bits per heavy atom. The lowest BCUT2D eigenvalue weighted by Crippen LogP contribution is -2.54. The van der Waals surface area contributed by atoms with E-state index in [2.05, 4.69) is 26.0 Å². The smallest absolute Gasteiger partial charge is 0.159 e. The van der Waals surface area contributed by atoms with Gasteiger partial charge in [-0.25, -0.2) is 0 Å². The summed E-state index contributed by atoms with van der Waals surface area (Å²) in [5.41, 5.74) is 2.15. The van der Waals surface area contributed by atoms with Gasteiger partial charge in [-0.15, -0.1) is 0 Å². The summed E-state index contributed by atoms with van der Waals surface area (Å²) in [6.07, 6.45) is 10.2. The van der Waals surface area contributed by atoms with Crippen LogP contribution in [0.25, 0.3) is 0 Å². The Morgan fingerprint density at radius 2 is 2.12 bits per heavy atom. The molecule has 0 aromatic carbocycles. The quantitative estimate of drug-likeness (QED) is 0.581. The standard InChI is InChI=1S/C16H20O/c1-16(2)10-7-12-11(13(16)8-10)5-3-9-4-6-14(17)15(9)12/h4-6,9-10,12-13,15H,3,7-8H2,1-2H3/t9-,10-,12-,13-,15+/m0/s1. The summed E-state index contributed by atoms with van der Waals surface area (Å²) < 4.78 is 0. The van der Waals surface area contributed by atoms with Crippen LogP contribution in [-0.4, -0.2) is 5.78 Å². The molecule has 0 spiro atoms. The first-order valence-electron chi connectivity index (χ1n) is 7.01. The number of carbonyl (C=O) groups excluding carboxylic acids is 1. The molecule has 0 saturated heterocycles. The van der Waals surface area contributed by atoms with Gasteiger partial charge in [-0.2, -0.15) is 0 Å². The molecule has 0 radical (unpaired) electrons. The van der Waals surface area contributed by atoms with Crippen molar-refractivity contribution in [1.29, 1.82) is 0 Å². The summed E-state index contributed by atoms with van der Waals surface area (Å²) >= 11 is 0. The van der Waals surface area contributed by atoms with Crippen LogP contribution in [0.15, 0.2) is 23.8 Å². The maximum Gasteiger partial charge on any atom is 0.159 e. The van der Waals surface area contributed by atoms with Crippen LogP contribution in [0.1, 0.15) is 33.1 Å². The molecule has 0 amide bonds. The van der Waals surface area contributed by atoms with Crippen LogP contribution in [0, 0.1) is 35.0 Å². The molecule has 1 heteroatoms. The van der Waals surface area contributed by atoms with E-state index in [1.54, 1.807) is 5.57 Å². The number of allylic oxidation sites excluding steroid dienone is 4. The molecule has 5 aliphatic carbocycles.